The van der Waals surface area contributed by atoms with Gasteiger partial charge in [-0.15, -0.1) is 11.3 Å². The summed E-state index contributed by atoms with van der Waals surface area (Å²) in [6.07, 6.45) is 0.676. The quantitative estimate of drug-likeness (QED) is 0.843. The minimum absolute atomic E-state index is 0.0543. The van der Waals surface area contributed by atoms with Crippen molar-refractivity contribution in [2.75, 3.05) is 37.6 Å². The Morgan fingerprint density at radius 1 is 1.08 bits per heavy atom. The molecular formula is C19H22FN3O2S. The maximum atomic E-state index is 13.0. The lowest BCUT2D eigenvalue weighted by molar-refractivity contribution is -0.131. The number of rotatable bonds is 6. The number of anilines is 1. The van der Waals surface area contributed by atoms with Crippen LogP contribution in [-0.4, -0.2) is 49.4 Å². The number of hydrogen-bond donors (Lipinski definition) is 1. The highest BCUT2D eigenvalue weighted by molar-refractivity contribution is 7.10. The van der Waals surface area contributed by atoms with Crippen LogP contribution in [0.5, 0.6) is 0 Å². The Morgan fingerprint density at radius 3 is 2.46 bits per heavy atom. The van der Waals surface area contributed by atoms with E-state index >= 15 is 0 Å². The predicted molar refractivity (Wildman–Crippen MR) is 101 cm³/mol. The van der Waals surface area contributed by atoms with Gasteiger partial charge in [-0.05, 0) is 35.7 Å². The third kappa shape index (κ3) is 5.05. The van der Waals surface area contributed by atoms with E-state index in [4.69, 9.17) is 0 Å². The maximum Gasteiger partial charge on any atom is 0.225 e. The van der Waals surface area contributed by atoms with Gasteiger partial charge in [0.05, 0.1) is 6.42 Å². The lowest BCUT2D eigenvalue weighted by Gasteiger charge is -2.36. The molecule has 1 aromatic heterocycles. The van der Waals surface area contributed by atoms with E-state index in [1.54, 1.807) is 23.5 Å². The van der Waals surface area contributed by atoms with E-state index in [1.807, 2.05) is 22.4 Å². The second-order valence-electron chi connectivity index (χ2n) is 6.20. The van der Waals surface area contributed by atoms with Crippen molar-refractivity contribution in [3.63, 3.8) is 0 Å². The van der Waals surface area contributed by atoms with Gasteiger partial charge in [-0.25, -0.2) is 4.39 Å². The van der Waals surface area contributed by atoms with E-state index in [-0.39, 0.29) is 17.6 Å². The van der Waals surface area contributed by atoms with Crippen molar-refractivity contribution < 1.29 is 14.0 Å². The SMILES string of the molecule is O=C(Cc1cccs1)NCCC(=O)N1CCN(c2ccc(F)cc2)CC1. The smallest absolute Gasteiger partial charge is 0.225 e. The summed E-state index contributed by atoms with van der Waals surface area (Å²) in [5.41, 5.74) is 0.972. The zero-order valence-corrected chi connectivity index (χ0v) is 15.3. The molecule has 3 rings (SSSR count). The number of hydrogen-bond acceptors (Lipinski definition) is 4. The summed E-state index contributed by atoms with van der Waals surface area (Å²) in [6, 6.07) is 10.3. The third-order valence-corrected chi connectivity index (χ3v) is 5.28. The second kappa shape index (κ2) is 8.80. The fraction of sp³-hybridized carbons (Fsp3) is 0.368. The molecule has 5 nitrogen and oxygen atoms in total. The molecule has 2 amide bonds. The Labute approximate surface area is 156 Å². The summed E-state index contributed by atoms with van der Waals surface area (Å²) in [6.45, 7) is 3.09. The average Bonchev–Trinajstić information content (AvgIpc) is 3.15. The average molecular weight is 375 g/mol. The van der Waals surface area contributed by atoms with Crippen molar-refractivity contribution in [1.82, 2.24) is 10.2 Å². The first-order valence-corrected chi connectivity index (χ1v) is 9.57. The van der Waals surface area contributed by atoms with Gasteiger partial charge in [-0.3, -0.25) is 9.59 Å². The molecule has 0 spiro atoms. The Bertz CT molecular complexity index is 726. The molecule has 1 aromatic carbocycles. The summed E-state index contributed by atoms with van der Waals surface area (Å²) < 4.78 is 13.0. The van der Waals surface area contributed by atoms with Gasteiger partial charge in [0.15, 0.2) is 0 Å². The largest absolute Gasteiger partial charge is 0.368 e. The fourth-order valence-electron chi connectivity index (χ4n) is 2.97. The van der Waals surface area contributed by atoms with Crippen LogP contribution in [0.2, 0.25) is 0 Å². The van der Waals surface area contributed by atoms with Crippen LogP contribution in [-0.2, 0) is 16.0 Å². The normalized spacial score (nSPS) is 14.3. The number of nitrogens with zero attached hydrogens (tertiary/aromatic N) is 2. The standard InChI is InChI=1S/C19H22FN3O2S/c20-15-3-5-16(6-4-15)22-9-11-23(12-10-22)19(25)7-8-21-18(24)14-17-2-1-13-26-17/h1-6,13H,7-12,14H2,(H,21,24). The number of benzene rings is 1. The van der Waals surface area contributed by atoms with Crippen molar-refractivity contribution in [2.24, 2.45) is 0 Å². The van der Waals surface area contributed by atoms with Crippen LogP contribution in [0.15, 0.2) is 41.8 Å². The van der Waals surface area contributed by atoms with Gasteiger partial charge in [-0.1, -0.05) is 6.07 Å². The zero-order valence-electron chi connectivity index (χ0n) is 14.5. The molecular weight excluding hydrogens is 353 g/mol. The molecule has 1 N–H and O–H groups in total. The Balaban J connectivity index is 1.37. The predicted octanol–water partition coefficient (Wildman–Crippen LogP) is 2.28. The molecule has 1 aliphatic rings. The molecule has 0 bridgehead atoms. The first kappa shape index (κ1) is 18.4. The summed E-state index contributed by atoms with van der Waals surface area (Å²) in [5, 5.41) is 4.75. The molecule has 0 radical (unpaired) electrons. The highest BCUT2D eigenvalue weighted by atomic mass is 32.1. The van der Waals surface area contributed by atoms with Crippen LogP contribution in [0.25, 0.3) is 0 Å². The first-order valence-electron chi connectivity index (χ1n) is 8.69. The molecule has 1 saturated heterocycles. The molecule has 0 aliphatic carbocycles. The van der Waals surface area contributed by atoms with Crippen LogP contribution in [0.3, 0.4) is 0 Å². The summed E-state index contributed by atoms with van der Waals surface area (Å²) in [7, 11) is 0. The van der Waals surface area contributed by atoms with Crippen molar-refractivity contribution in [2.45, 2.75) is 12.8 Å². The number of halogens is 1. The second-order valence-corrected chi connectivity index (χ2v) is 7.23. The van der Waals surface area contributed by atoms with Gasteiger partial charge in [-0.2, -0.15) is 0 Å². The molecule has 2 aromatic rings. The van der Waals surface area contributed by atoms with E-state index in [0.29, 0.717) is 32.5 Å². The van der Waals surface area contributed by atoms with Crippen molar-refractivity contribution in [3.8, 4) is 0 Å². The Morgan fingerprint density at radius 2 is 1.81 bits per heavy atom. The number of piperazine rings is 1. The molecule has 7 heteroatoms. The van der Waals surface area contributed by atoms with Gasteiger partial charge >= 0.3 is 0 Å². The van der Waals surface area contributed by atoms with E-state index in [0.717, 1.165) is 23.7 Å². The van der Waals surface area contributed by atoms with E-state index in [1.165, 1.54) is 12.1 Å². The monoisotopic (exact) mass is 375 g/mol. The van der Waals surface area contributed by atoms with Crippen LogP contribution in [0, 0.1) is 5.82 Å². The Kier molecular flexibility index (Phi) is 6.22. The number of amides is 2. The minimum Gasteiger partial charge on any atom is -0.368 e. The fourth-order valence-corrected chi connectivity index (χ4v) is 3.67. The summed E-state index contributed by atoms with van der Waals surface area (Å²) in [4.78, 5) is 29.1. The highest BCUT2D eigenvalue weighted by Gasteiger charge is 2.21. The van der Waals surface area contributed by atoms with Crippen molar-refractivity contribution in [3.05, 3.63) is 52.5 Å². The molecule has 2 heterocycles. The molecule has 1 fully saturated rings. The van der Waals surface area contributed by atoms with Crippen LogP contribution in [0.1, 0.15) is 11.3 Å². The minimum atomic E-state index is -0.247. The molecule has 138 valence electrons. The number of carbonyl (C=O) groups excluding carboxylic acids is 2. The highest BCUT2D eigenvalue weighted by Crippen LogP contribution is 2.17. The van der Waals surface area contributed by atoms with Crippen LogP contribution < -0.4 is 10.2 Å². The first-order chi connectivity index (χ1) is 12.6. The van der Waals surface area contributed by atoms with Gasteiger partial charge in [0.25, 0.3) is 0 Å². The molecule has 0 unspecified atom stereocenters. The number of nitrogens with one attached hydrogen (secondary N) is 1. The van der Waals surface area contributed by atoms with Gasteiger partial charge in [0, 0.05) is 49.7 Å². The summed E-state index contributed by atoms with van der Waals surface area (Å²) in [5.74, 6) is -0.245. The Hall–Kier alpha value is -2.41. The van der Waals surface area contributed by atoms with Crippen LogP contribution >= 0.6 is 11.3 Å². The zero-order chi connectivity index (χ0) is 18.4. The van der Waals surface area contributed by atoms with E-state index in [9.17, 15) is 14.0 Å². The van der Waals surface area contributed by atoms with Crippen LogP contribution in [0.4, 0.5) is 10.1 Å². The molecule has 0 saturated carbocycles. The maximum absolute atomic E-state index is 13.0. The lowest BCUT2D eigenvalue weighted by atomic mass is 10.2. The molecule has 1 aliphatic heterocycles. The number of thiophene rings is 1. The topological polar surface area (TPSA) is 52.7 Å². The third-order valence-electron chi connectivity index (χ3n) is 4.40. The van der Waals surface area contributed by atoms with Crippen molar-refractivity contribution in [1.29, 1.82) is 0 Å². The molecule has 26 heavy (non-hydrogen) atoms. The lowest BCUT2D eigenvalue weighted by Crippen LogP contribution is -2.49. The van der Waals surface area contributed by atoms with Gasteiger partial charge in [0.1, 0.15) is 5.82 Å². The van der Waals surface area contributed by atoms with Crippen molar-refractivity contribution >= 4 is 28.8 Å². The number of carbonyl (C=O) groups is 2. The van der Waals surface area contributed by atoms with E-state index in [2.05, 4.69) is 10.2 Å². The molecule has 0 atom stereocenters. The van der Waals surface area contributed by atoms with E-state index < -0.39 is 0 Å². The summed E-state index contributed by atoms with van der Waals surface area (Å²) >= 11 is 1.55. The van der Waals surface area contributed by atoms with Gasteiger partial charge in [0.2, 0.25) is 11.8 Å². The van der Waals surface area contributed by atoms with Gasteiger partial charge < -0.3 is 15.1 Å².